The minimum Gasteiger partial charge on any atom is -0.490 e. The highest BCUT2D eigenvalue weighted by Gasteiger charge is 2.27. The van der Waals surface area contributed by atoms with Crippen LogP contribution in [0.1, 0.15) is 5.56 Å². The molecule has 1 saturated heterocycles. The van der Waals surface area contributed by atoms with Crippen molar-refractivity contribution >= 4 is 47.1 Å². The molecule has 0 unspecified atom stereocenters. The zero-order valence-corrected chi connectivity index (χ0v) is 15.8. The van der Waals surface area contributed by atoms with Gasteiger partial charge in [0.05, 0.1) is 10.0 Å². The summed E-state index contributed by atoms with van der Waals surface area (Å²) in [5, 5.41) is 4.37. The van der Waals surface area contributed by atoms with E-state index in [2.05, 4.69) is 0 Å². The summed E-state index contributed by atoms with van der Waals surface area (Å²) in [7, 11) is 0. The molecule has 0 atom stereocenters. The average Bonchev–Trinajstić information content (AvgIpc) is 2.64. The van der Waals surface area contributed by atoms with Gasteiger partial charge in [-0.2, -0.15) is 0 Å². The molecule has 3 rings (SSSR count). The van der Waals surface area contributed by atoms with Gasteiger partial charge in [0.2, 0.25) is 0 Å². The van der Waals surface area contributed by atoms with Crippen LogP contribution in [0.5, 0.6) is 11.5 Å². The molecule has 2 aromatic rings. The molecule has 0 saturated carbocycles. The summed E-state index contributed by atoms with van der Waals surface area (Å²) in [6, 6.07) is 11.4. The highest BCUT2D eigenvalue weighted by molar-refractivity contribution is 6.37. The molecule has 4 amide bonds. The quantitative estimate of drug-likeness (QED) is 0.425. The van der Waals surface area contributed by atoms with Crippen LogP contribution < -0.4 is 20.1 Å². The van der Waals surface area contributed by atoms with Gasteiger partial charge >= 0.3 is 6.03 Å². The van der Waals surface area contributed by atoms with Crippen LogP contribution in [0.15, 0.2) is 48.0 Å². The van der Waals surface area contributed by atoms with Crippen LogP contribution in [0.25, 0.3) is 6.08 Å². The number of carbonyl (C=O) groups excluding carboxylic acids is 3. The van der Waals surface area contributed by atoms with E-state index in [0.29, 0.717) is 11.3 Å². The lowest BCUT2D eigenvalue weighted by molar-refractivity contribution is -0.123. The van der Waals surface area contributed by atoms with E-state index in [-0.39, 0.29) is 34.6 Å². The highest BCUT2D eigenvalue weighted by atomic mass is 35.5. The lowest BCUT2D eigenvalue weighted by Crippen LogP contribution is -2.51. The number of amides is 4. The monoisotopic (exact) mass is 420 g/mol. The second-order valence-corrected chi connectivity index (χ2v) is 6.43. The molecule has 0 spiro atoms. The largest absolute Gasteiger partial charge is 0.490 e. The molecule has 1 aliphatic rings. The molecule has 1 heterocycles. The third-order valence-electron chi connectivity index (χ3n) is 3.62. The van der Waals surface area contributed by atoms with E-state index in [9.17, 15) is 14.4 Å². The van der Waals surface area contributed by atoms with Gasteiger partial charge in [0.15, 0.2) is 5.75 Å². The van der Waals surface area contributed by atoms with Gasteiger partial charge in [0, 0.05) is 0 Å². The Kier molecular flexibility index (Phi) is 6.18. The van der Waals surface area contributed by atoms with Crippen LogP contribution in [0.2, 0.25) is 10.0 Å². The fraction of sp³-hybridized carbons (Fsp3) is 0.105. The zero-order chi connectivity index (χ0) is 20.1. The van der Waals surface area contributed by atoms with Gasteiger partial charge in [-0.1, -0.05) is 41.4 Å². The maximum absolute atomic E-state index is 11.8. The van der Waals surface area contributed by atoms with E-state index in [0.717, 1.165) is 0 Å². The standard InChI is InChI=1S/C19H14Cl2N2O5/c20-14-9-11(8-13-17(24)22-19(26)23-18(13)25)10-15(21)16(14)28-7-6-27-12-4-2-1-3-5-12/h1-5,8-10H,6-7H2,(H2,22,23,24,25,26). The van der Waals surface area contributed by atoms with Crippen LogP contribution >= 0.6 is 23.2 Å². The maximum Gasteiger partial charge on any atom is 0.328 e. The van der Waals surface area contributed by atoms with Crippen molar-refractivity contribution in [1.29, 1.82) is 0 Å². The van der Waals surface area contributed by atoms with Gasteiger partial charge in [-0.25, -0.2) is 4.79 Å². The Bertz CT molecular complexity index is 915. The highest BCUT2D eigenvalue weighted by Crippen LogP contribution is 2.35. The van der Waals surface area contributed by atoms with Crippen LogP contribution in [0.4, 0.5) is 4.79 Å². The number of carbonyl (C=O) groups is 3. The Balaban J connectivity index is 1.67. The molecule has 7 nitrogen and oxygen atoms in total. The normalized spacial score (nSPS) is 13.6. The fourth-order valence-electron chi connectivity index (χ4n) is 2.39. The number of imide groups is 2. The van der Waals surface area contributed by atoms with Gasteiger partial charge in [0.25, 0.3) is 11.8 Å². The number of rotatable bonds is 6. The van der Waals surface area contributed by atoms with Crippen molar-refractivity contribution in [2.75, 3.05) is 13.2 Å². The fourth-order valence-corrected chi connectivity index (χ4v) is 3.01. The Morgan fingerprint density at radius 2 is 1.43 bits per heavy atom. The molecule has 1 aliphatic heterocycles. The van der Waals surface area contributed by atoms with Crippen molar-refractivity contribution in [2.24, 2.45) is 0 Å². The molecule has 0 aromatic heterocycles. The van der Waals surface area contributed by atoms with E-state index in [1.165, 1.54) is 18.2 Å². The minimum atomic E-state index is -0.871. The predicted octanol–water partition coefficient (Wildman–Crippen LogP) is 3.20. The predicted molar refractivity (Wildman–Crippen MR) is 104 cm³/mol. The molecule has 1 fully saturated rings. The molecule has 2 aromatic carbocycles. The molecular formula is C19H14Cl2N2O5. The molecular weight excluding hydrogens is 407 g/mol. The Hall–Kier alpha value is -3.03. The number of hydrogen-bond donors (Lipinski definition) is 2. The van der Waals surface area contributed by atoms with Crippen molar-refractivity contribution in [1.82, 2.24) is 10.6 Å². The number of barbiturate groups is 1. The van der Waals surface area contributed by atoms with Crippen molar-refractivity contribution in [3.63, 3.8) is 0 Å². The topological polar surface area (TPSA) is 93.7 Å². The van der Waals surface area contributed by atoms with Gasteiger partial charge in [-0.05, 0) is 35.9 Å². The van der Waals surface area contributed by atoms with E-state index in [4.69, 9.17) is 32.7 Å². The molecule has 0 aliphatic carbocycles. The smallest absolute Gasteiger partial charge is 0.328 e. The lowest BCUT2D eigenvalue weighted by Gasteiger charge is -2.15. The lowest BCUT2D eigenvalue weighted by atomic mass is 10.1. The first-order valence-corrected chi connectivity index (χ1v) is 8.87. The third-order valence-corrected chi connectivity index (χ3v) is 4.18. The van der Waals surface area contributed by atoms with Gasteiger partial charge < -0.3 is 9.47 Å². The Morgan fingerprint density at radius 1 is 0.857 bits per heavy atom. The first-order valence-electron chi connectivity index (χ1n) is 8.12. The van der Waals surface area contributed by atoms with Crippen molar-refractivity contribution in [3.8, 4) is 11.5 Å². The number of hydrogen-bond acceptors (Lipinski definition) is 5. The number of ether oxygens (including phenoxy) is 2. The average molecular weight is 421 g/mol. The van der Waals surface area contributed by atoms with Crippen molar-refractivity contribution in [3.05, 3.63) is 63.6 Å². The molecule has 9 heteroatoms. The molecule has 144 valence electrons. The summed E-state index contributed by atoms with van der Waals surface area (Å²) in [4.78, 5) is 34.7. The summed E-state index contributed by atoms with van der Waals surface area (Å²) >= 11 is 12.4. The second kappa shape index (κ2) is 8.77. The number of urea groups is 1. The van der Waals surface area contributed by atoms with E-state index in [1.54, 1.807) is 0 Å². The first-order chi connectivity index (χ1) is 13.4. The van der Waals surface area contributed by atoms with E-state index >= 15 is 0 Å². The number of nitrogens with one attached hydrogen (secondary N) is 2. The maximum atomic E-state index is 11.8. The number of halogens is 2. The Morgan fingerprint density at radius 3 is 2.04 bits per heavy atom. The zero-order valence-electron chi connectivity index (χ0n) is 14.3. The van der Waals surface area contributed by atoms with Crippen LogP contribution in [-0.2, 0) is 9.59 Å². The summed E-state index contributed by atoms with van der Waals surface area (Å²) in [6.45, 7) is 0.499. The minimum absolute atomic E-state index is 0.201. The van der Waals surface area contributed by atoms with Crippen molar-refractivity contribution in [2.45, 2.75) is 0 Å². The summed E-state index contributed by atoms with van der Waals surface area (Å²) < 4.78 is 11.1. The van der Waals surface area contributed by atoms with E-state index in [1.807, 2.05) is 41.0 Å². The summed E-state index contributed by atoms with van der Waals surface area (Å²) in [5.41, 5.74) is 0.161. The van der Waals surface area contributed by atoms with Gasteiger partial charge in [-0.3, -0.25) is 20.2 Å². The Labute approximate surface area is 170 Å². The number of para-hydroxylation sites is 1. The molecule has 28 heavy (non-hydrogen) atoms. The first kappa shape index (κ1) is 19.7. The second-order valence-electron chi connectivity index (χ2n) is 5.62. The van der Waals surface area contributed by atoms with Crippen LogP contribution in [0.3, 0.4) is 0 Å². The van der Waals surface area contributed by atoms with Crippen LogP contribution in [0, 0.1) is 0 Å². The van der Waals surface area contributed by atoms with Crippen LogP contribution in [-0.4, -0.2) is 31.1 Å². The third kappa shape index (κ3) is 4.82. The van der Waals surface area contributed by atoms with Gasteiger partial charge in [-0.15, -0.1) is 0 Å². The van der Waals surface area contributed by atoms with Gasteiger partial charge in [0.1, 0.15) is 24.5 Å². The molecule has 2 N–H and O–H groups in total. The van der Waals surface area contributed by atoms with E-state index < -0.39 is 17.8 Å². The SMILES string of the molecule is O=C1NC(=O)C(=Cc2cc(Cl)c(OCCOc3ccccc3)c(Cl)c2)C(=O)N1. The summed E-state index contributed by atoms with van der Waals surface area (Å²) in [6.07, 6.45) is 1.27. The van der Waals surface area contributed by atoms with Crippen molar-refractivity contribution < 1.29 is 23.9 Å². The number of benzene rings is 2. The molecule has 0 bridgehead atoms. The molecule has 0 radical (unpaired) electrons. The summed E-state index contributed by atoms with van der Waals surface area (Å²) in [5.74, 6) is -0.638.